The minimum absolute atomic E-state index is 0.0609. The molecule has 8 heteroatoms. The Labute approximate surface area is 130 Å². The molecule has 0 aliphatic heterocycles. The van der Waals surface area contributed by atoms with Crippen molar-refractivity contribution in [2.75, 3.05) is 5.73 Å². The Hall–Kier alpha value is -3.68. The van der Waals surface area contributed by atoms with E-state index in [0.29, 0.717) is 27.5 Å². The summed E-state index contributed by atoms with van der Waals surface area (Å²) in [5, 5.41) is 1.07. The van der Waals surface area contributed by atoms with Crippen molar-refractivity contribution >= 4 is 49.0 Å². The van der Waals surface area contributed by atoms with Crippen molar-refractivity contribution in [3.63, 3.8) is 0 Å². The molecule has 0 aliphatic rings. The lowest BCUT2D eigenvalue weighted by atomic mass is 10.0. The van der Waals surface area contributed by atoms with E-state index in [1.54, 1.807) is 18.2 Å². The number of fused-ring (bicyclic) bond motifs is 8. The maximum Gasteiger partial charge on any atom is 0.261 e. The zero-order valence-electron chi connectivity index (χ0n) is 11.9. The number of H-pyrrole nitrogens is 3. The topological polar surface area (TPSA) is 142 Å². The van der Waals surface area contributed by atoms with Crippen LogP contribution in [-0.4, -0.2) is 15.0 Å². The molecule has 2 aromatic carbocycles. The van der Waals surface area contributed by atoms with Gasteiger partial charge < -0.3 is 10.7 Å². The summed E-state index contributed by atoms with van der Waals surface area (Å²) in [6.07, 6.45) is 0. The number of nitrogens with one attached hydrogen (secondary N) is 3. The Morgan fingerprint density at radius 2 is 1.21 bits per heavy atom. The number of hydrogen-bond donors (Lipinski definition) is 4. The number of benzene rings is 2. The first-order valence-electron chi connectivity index (χ1n) is 7.09. The second kappa shape index (κ2) is 3.80. The van der Waals surface area contributed by atoms with Crippen molar-refractivity contribution in [2.24, 2.45) is 0 Å². The number of aromatic amines is 3. The number of anilines is 1. The van der Waals surface area contributed by atoms with E-state index < -0.39 is 22.2 Å². The first-order chi connectivity index (χ1) is 11.5. The van der Waals surface area contributed by atoms with Gasteiger partial charge in [0.15, 0.2) is 0 Å². The highest BCUT2D eigenvalue weighted by molar-refractivity contribution is 6.31. The van der Waals surface area contributed by atoms with E-state index in [2.05, 4.69) is 15.0 Å². The van der Waals surface area contributed by atoms with Gasteiger partial charge in [-0.05, 0) is 18.2 Å². The van der Waals surface area contributed by atoms with Gasteiger partial charge in [0.1, 0.15) is 0 Å². The molecule has 0 fully saturated rings. The van der Waals surface area contributed by atoms with E-state index in [9.17, 15) is 19.2 Å². The number of rotatable bonds is 0. The van der Waals surface area contributed by atoms with Crippen LogP contribution in [0.5, 0.6) is 0 Å². The van der Waals surface area contributed by atoms with Crippen molar-refractivity contribution in [3.05, 3.63) is 59.6 Å². The Balaban J connectivity index is 2.37. The van der Waals surface area contributed by atoms with E-state index in [4.69, 9.17) is 5.73 Å². The fourth-order valence-electron chi connectivity index (χ4n) is 3.52. The van der Waals surface area contributed by atoms with Gasteiger partial charge in [-0.15, -0.1) is 0 Å². The summed E-state index contributed by atoms with van der Waals surface area (Å²) in [4.78, 5) is 56.3. The number of nitrogen functional groups attached to an aromatic ring is 1. The van der Waals surface area contributed by atoms with Crippen LogP contribution < -0.4 is 28.0 Å². The molecule has 24 heavy (non-hydrogen) atoms. The monoisotopic (exact) mass is 320 g/mol. The van der Waals surface area contributed by atoms with Crippen LogP contribution in [0, 0.1) is 0 Å². The van der Waals surface area contributed by atoms with E-state index in [1.807, 2.05) is 0 Å². The first-order valence-corrected chi connectivity index (χ1v) is 7.09. The van der Waals surface area contributed by atoms with Gasteiger partial charge in [-0.3, -0.25) is 29.1 Å². The SMILES string of the molecule is Nc1ccc2[nH]c3c4c(=O)[nH]c(=O)c4c4c(=O)[nH]c(=O)c4c3c2c1. The van der Waals surface area contributed by atoms with Crippen LogP contribution in [0.25, 0.3) is 43.4 Å². The molecule has 5 N–H and O–H groups in total. The van der Waals surface area contributed by atoms with Crippen LogP contribution in [0.2, 0.25) is 0 Å². The summed E-state index contributed by atoms with van der Waals surface area (Å²) in [7, 11) is 0. The third-order valence-corrected chi connectivity index (χ3v) is 4.44. The minimum atomic E-state index is -0.684. The zero-order chi connectivity index (χ0) is 16.7. The number of aromatic nitrogens is 3. The van der Waals surface area contributed by atoms with Crippen molar-refractivity contribution in [2.45, 2.75) is 0 Å². The highest BCUT2D eigenvalue weighted by atomic mass is 16.2. The van der Waals surface area contributed by atoms with Crippen molar-refractivity contribution in [1.29, 1.82) is 0 Å². The molecule has 3 heterocycles. The molecule has 0 amide bonds. The van der Waals surface area contributed by atoms with Crippen LogP contribution >= 0.6 is 0 Å². The van der Waals surface area contributed by atoms with Gasteiger partial charge in [0.2, 0.25) is 0 Å². The first kappa shape index (κ1) is 12.8. The molecule has 116 valence electrons. The van der Waals surface area contributed by atoms with Gasteiger partial charge >= 0.3 is 0 Å². The molecule has 5 aromatic rings. The summed E-state index contributed by atoms with van der Waals surface area (Å²) in [6, 6.07) is 5.05. The zero-order valence-corrected chi connectivity index (χ0v) is 11.9. The maximum absolute atomic E-state index is 12.3. The molecule has 0 saturated heterocycles. The van der Waals surface area contributed by atoms with Crippen molar-refractivity contribution in [3.8, 4) is 0 Å². The van der Waals surface area contributed by atoms with Crippen LogP contribution in [0.4, 0.5) is 5.69 Å². The second-order valence-corrected chi connectivity index (χ2v) is 5.75. The lowest BCUT2D eigenvalue weighted by molar-refractivity contribution is 1.26. The molecule has 8 nitrogen and oxygen atoms in total. The van der Waals surface area contributed by atoms with Gasteiger partial charge in [0.05, 0.1) is 27.1 Å². The lowest BCUT2D eigenvalue weighted by Crippen LogP contribution is -2.08. The Morgan fingerprint density at radius 3 is 1.88 bits per heavy atom. The van der Waals surface area contributed by atoms with Crippen molar-refractivity contribution in [1.82, 2.24) is 15.0 Å². The molecule has 0 spiro atoms. The second-order valence-electron chi connectivity index (χ2n) is 5.75. The summed E-state index contributed by atoms with van der Waals surface area (Å²) < 4.78 is 0. The normalized spacial score (nSPS) is 12.2. The summed E-state index contributed by atoms with van der Waals surface area (Å²) in [6.45, 7) is 0. The largest absolute Gasteiger partial charge is 0.399 e. The highest BCUT2D eigenvalue weighted by Crippen LogP contribution is 2.34. The molecule has 5 rings (SSSR count). The van der Waals surface area contributed by atoms with Crippen LogP contribution in [0.3, 0.4) is 0 Å². The minimum Gasteiger partial charge on any atom is -0.399 e. The predicted molar refractivity (Wildman–Crippen MR) is 91.4 cm³/mol. The van der Waals surface area contributed by atoms with E-state index in [0.717, 1.165) is 0 Å². The van der Waals surface area contributed by atoms with Crippen LogP contribution in [0.1, 0.15) is 0 Å². The third kappa shape index (κ3) is 1.29. The molecule has 0 bridgehead atoms. The third-order valence-electron chi connectivity index (χ3n) is 4.44. The van der Waals surface area contributed by atoms with Gasteiger partial charge in [-0.1, -0.05) is 0 Å². The van der Waals surface area contributed by atoms with Crippen LogP contribution in [-0.2, 0) is 0 Å². The molecule has 0 atom stereocenters. The molecule has 3 aromatic heterocycles. The molecule has 0 saturated carbocycles. The lowest BCUT2D eigenvalue weighted by Gasteiger charge is -1.96. The number of nitrogens with two attached hydrogens (primary N) is 1. The number of hydrogen-bond acceptors (Lipinski definition) is 5. The van der Waals surface area contributed by atoms with Gasteiger partial charge in [0.25, 0.3) is 22.2 Å². The Bertz CT molecular complexity index is 1540. The average Bonchev–Trinajstić information content (AvgIpc) is 3.12. The smallest absolute Gasteiger partial charge is 0.261 e. The molecular formula is C16H8N4O4. The summed E-state index contributed by atoms with van der Waals surface area (Å²) in [5.41, 5.74) is 4.73. The molecular weight excluding hydrogens is 312 g/mol. The fraction of sp³-hybridized carbons (Fsp3) is 0. The highest BCUT2D eigenvalue weighted by Gasteiger charge is 2.23. The molecule has 0 radical (unpaired) electrons. The Kier molecular flexibility index (Phi) is 2.03. The van der Waals surface area contributed by atoms with Gasteiger partial charge in [-0.2, -0.15) is 0 Å². The van der Waals surface area contributed by atoms with Crippen molar-refractivity contribution < 1.29 is 0 Å². The molecule has 0 unspecified atom stereocenters. The standard InChI is InChI=1S/C16H8N4O4/c17-4-1-2-6-5(3-4)7-8-9(14(22)19-13(8)21)10-11(12(7)18-6)16(24)20-15(10)23/h1-3,18H,17H2,(H,19,21,22)(H,20,23,24). The fourth-order valence-corrected chi connectivity index (χ4v) is 3.52. The van der Waals surface area contributed by atoms with E-state index >= 15 is 0 Å². The van der Waals surface area contributed by atoms with Gasteiger partial charge in [0, 0.05) is 22.0 Å². The maximum atomic E-state index is 12.3. The average molecular weight is 320 g/mol. The molecule has 0 aliphatic carbocycles. The van der Waals surface area contributed by atoms with E-state index in [1.165, 1.54) is 0 Å². The summed E-state index contributed by atoms with van der Waals surface area (Å²) in [5.74, 6) is 0. The Morgan fingerprint density at radius 1 is 0.667 bits per heavy atom. The quantitative estimate of drug-likeness (QED) is 0.301. The van der Waals surface area contributed by atoms with Crippen LogP contribution in [0.15, 0.2) is 37.4 Å². The predicted octanol–water partition coefficient (Wildman–Crippen LogP) is 0.182. The van der Waals surface area contributed by atoms with Gasteiger partial charge in [-0.25, -0.2) is 0 Å². The summed E-state index contributed by atoms with van der Waals surface area (Å²) >= 11 is 0. The van der Waals surface area contributed by atoms with E-state index in [-0.39, 0.29) is 21.5 Å².